The van der Waals surface area contributed by atoms with E-state index < -0.39 is 41.1 Å². The number of carbonyl (C=O) groups excluding carboxylic acids is 1. The number of ether oxygens (including phenoxy) is 4. The fraction of sp³-hybridized carbons (Fsp3) is 0.545. The summed E-state index contributed by atoms with van der Waals surface area (Å²) in [5.41, 5.74) is -2.84. The molecular weight excluding hydrogens is 648 g/mol. The average molecular weight is 686 g/mol. The van der Waals surface area contributed by atoms with E-state index in [1.54, 1.807) is 45.9 Å². The summed E-state index contributed by atoms with van der Waals surface area (Å²) in [7, 11) is 0. The van der Waals surface area contributed by atoms with Gasteiger partial charge in [0.1, 0.15) is 27.3 Å². The standard InChI is InChI=1S/C33H37F2N5O7S/c1-18-25-26(41)39(33(11-12-33)29(42)47-32(2,3)4)31(43)38(28(25)48-27(18)40-36-13-14-37-40)17-24(22-7-5-6-8-23(22)46-30(34)35)45-21-15-19-9-10-20(16-21)44-19/h5-8,13-14,19-21,24,30H,9-12,15-17H2,1-4H3/t19-,20-,24+/m1/s1. The third-order valence-electron chi connectivity index (χ3n) is 9.15. The van der Waals surface area contributed by atoms with Gasteiger partial charge < -0.3 is 18.9 Å². The Hall–Kier alpha value is -3.95. The van der Waals surface area contributed by atoms with Crippen LogP contribution in [0.4, 0.5) is 8.78 Å². The minimum absolute atomic E-state index is 0.0333. The fourth-order valence-corrected chi connectivity index (χ4v) is 8.10. The normalized spacial score (nSPS) is 22.3. The zero-order valence-corrected chi connectivity index (χ0v) is 27.9. The second-order valence-corrected chi connectivity index (χ2v) is 14.7. The van der Waals surface area contributed by atoms with Crippen LogP contribution in [0.1, 0.15) is 76.5 Å². The maximum absolute atomic E-state index is 14.7. The van der Waals surface area contributed by atoms with Crippen LogP contribution in [0.2, 0.25) is 0 Å². The van der Waals surface area contributed by atoms with Crippen molar-refractivity contribution in [2.24, 2.45) is 0 Å². The number of esters is 1. The predicted molar refractivity (Wildman–Crippen MR) is 171 cm³/mol. The first kappa shape index (κ1) is 32.6. The molecule has 1 saturated carbocycles. The maximum atomic E-state index is 14.7. The number of nitrogens with zero attached hydrogens (tertiary/aromatic N) is 5. The Kier molecular flexibility index (Phi) is 8.27. The molecule has 3 aliphatic rings. The predicted octanol–water partition coefficient (Wildman–Crippen LogP) is 5.01. The summed E-state index contributed by atoms with van der Waals surface area (Å²) in [5.74, 6) is -0.746. The number of rotatable bonds is 10. The molecule has 0 amide bonds. The van der Waals surface area contributed by atoms with Gasteiger partial charge in [0.25, 0.3) is 5.56 Å². The van der Waals surface area contributed by atoms with Crippen LogP contribution in [0.3, 0.4) is 0 Å². The fourth-order valence-electron chi connectivity index (χ4n) is 6.88. The van der Waals surface area contributed by atoms with Crippen LogP contribution in [0, 0.1) is 6.92 Å². The molecule has 2 aliphatic heterocycles. The van der Waals surface area contributed by atoms with Crippen LogP contribution >= 0.6 is 11.3 Å². The van der Waals surface area contributed by atoms with Crippen molar-refractivity contribution in [3.8, 4) is 10.8 Å². The molecule has 0 unspecified atom stereocenters. The van der Waals surface area contributed by atoms with Crippen LogP contribution < -0.4 is 16.0 Å². The minimum atomic E-state index is -3.09. The summed E-state index contributed by atoms with van der Waals surface area (Å²) in [6.45, 7) is 3.66. The summed E-state index contributed by atoms with van der Waals surface area (Å²) >= 11 is 1.15. The highest BCUT2D eigenvalue weighted by Gasteiger charge is 2.56. The van der Waals surface area contributed by atoms with Crippen molar-refractivity contribution in [1.29, 1.82) is 0 Å². The topological polar surface area (TPSA) is 129 Å². The Balaban J connectivity index is 1.41. The van der Waals surface area contributed by atoms with Crippen LogP contribution in [0.15, 0.2) is 46.2 Å². The van der Waals surface area contributed by atoms with Crippen molar-refractivity contribution in [2.45, 2.75) is 115 Å². The van der Waals surface area contributed by atoms with Crippen molar-refractivity contribution in [3.63, 3.8) is 0 Å². The Labute approximate surface area is 278 Å². The molecule has 12 nitrogen and oxygen atoms in total. The Morgan fingerprint density at radius 2 is 1.77 bits per heavy atom. The number of fused-ring (bicyclic) bond motifs is 3. The number of aromatic nitrogens is 5. The Bertz CT molecular complexity index is 1950. The van der Waals surface area contributed by atoms with Gasteiger partial charge in [-0.2, -0.15) is 19.0 Å². The highest BCUT2D eigenvalue weighted by molar-refractivity contribution is 7.21. The third-order valence-corrected chi connectivity index (χ3v) is 10.4. The summed E-state index contributed by atoms with van der Waals surface area (Å²) in [6.07, 6.45) is 5.40. The lowest BCUT2D eigenvalue weighted by atomic mass is 10.0. The van der Waals surface area contributed by atoms with Gasteiger partial charge in [0.05, 0.1) is 42.6 Å². The molecule has 2 saturated heterocycles. The van der Waals surface area contributed by atoms with E-state index in [1.807, 2.05) is 0 Å². The van der Waals surface area contributed by atoms with Crippen LogP contribution in [-0.4, -0.2) is 60.6 Å². The van der Waals surface area contributed by atoms with Crippen LogP contribution in [0.25, 0.3) is 15.2 Å². The summed E-state index contributed by atoms with van der Waals surface area (Å²) in [5, 5.41) is 9.22. The number of hydrogen-bond donors (Lipinski definition) is 0. The second-order valence-electron chi connectivity index (χ2n) is 13.7. The number of thiophene rings is 1. The van der Waals surface area contributed by atoms with Crippen LogP contribution in [0.5, 0.6) is 5.75 Å². The van der Waals surface area contributed by atoms with E-state index in [1.165, 1.54) is 27.8 Å². The van der Waals surface area contributed by atoms with Gasteiger partial charge in [0.15, 0.2) is 5.54 Å². The first-order chi connectivity index (χ1) is 22.8. The van der Waals surface area contributed by atoms with Gasteiger partial charge in [0, 0.05) is 11.1 Å². The molecule has 256 valence electrons. The Morgan fingerprint density at radius 1 is 1.10 bits per heavy atom. The zero-order valence-electron chi connectivity index (χ0n) is 27.1. The number of halogens is 2. The number of benzene rings is 1. The molecule has 3 atom stereocenters. The number of carbonyl (C=O) groups is 1. The first-order valence-electron chi connectivity index (χ1n) is 16.1. The average Bonchev–Trinajstić information content (AvgIpc) is 3.30. The van der Waals surface area contributed by atoms with E-state index in [-0.39, 0.29) is 48.8 Å². The van der Waals surface area contributed by atoms with E-state index in [0.717, 1.165) is 28.7 Å². The highest BCUT2D eigenvalue weighted by Crippen LogP contribution is 2.45. The van der Waals surface area contributed by atoms with Gasteiger partial charge in [-0.25, -0.2) is 14.2 Å². The molecule has 3 fully saturated rings. The molecular formula is C33H37F2N5O7S. The van der Waals surface area contributed by atoms with Gasteiger partial charge in [0.2, 0.25) is 0 Å². The quantitative estimate of drug-likeness (QED) is 0.212. The molecule has 2 bridgehead atoms. The van der Waals surface area contributed by atoms with E-state index in [9.17, 15) is 23.2 Å². The van der Waals surface area contributed by atoms with Crippen LogP contribution in [-0.2, 0) is 31.1 Å². The van der Waals surface area contributed by atoms with Gasteiger partial charge in [-0.05, 0) is 72.3 Å². The lowest BCUT2D eigenvalue weighted by molar-refractivity contribution is -0.161. The molecule has 0 radical (unpaired) electrons. The Morgan fingerprint density at radius 3 is 2.40 bits per heavy atom. The minimum Gasteiger partial charge on any atom is -0.458 e. The van der Waals surface area contributed by atoms with E-state index in [4.69, 9.17) is 18.9 Å². The van der Waals surface area contributed by atoms with Gasteiger partial charge in [-0.3, -0.25) is 9.36 Å². The largest absolute Gasteiger partial charge is 0.458 e. The van der Waals surface area contributed by atoms with E-state index in [0.29, 0.717) is 33.8 Å². The van der Waals surface area contributed by atoms with Gasteiger partial charge in [-0.1, -0.05) is 29.5 Å². The third kappa shape index (κ3) is 5.96. The summed E-state index contributed by atoms with van der Waals surface area (Å²) < 4.78 is 53.0. The highest BCUT2D eigenvalue weighted by atomic mass is 32.1. The smallest absolute Gasteiger partial charge is 0.387 e. The van der Waals surface area contributed by atoms with Crippen molar-refractivity contribution in [1.82, 2.24) is 24.1 Å². The van der Waals surface area contributed by atoms with Crippen molar-refractivity contribution < 1.29 is 32.5 Å². The molecule has 1 aromatic carbocycles. The molecule has 3 aromatic heterocycles. The van der Waals surface area contributed by atoms with Gasteiger partial charge in [-0.15, -0.1) is 4.80 Å². The summed E-state index contributed by atoms with van der Waals surface area (Å²) in [6, 6.07) is 6.34. The SMILES string of the molecule is Cc1c(-n2nccn2)sc2c1c(=O)n(C1(C(=O)OC(C)(C)C)CC1)c(=O)n2C[C@H](OC1C[C@H]2CC[C@H](C1)O2)c1ccccc1OC(F)F. The molecule has 15 heteroatoms. The molecule has 1 aliphatic carbocycles. The van der Waals surface area contributed by atoms with E-state index >= 15 is 0 Å². The lowest BCUT2D eigenvalue weighted by Gasteiger charge is -2.32. The molecule has 4 aromatic rings. The first-order valence-corrected chi connectivity index (χ1v) is 16.9. The van der Waals surface area contributed by atoms with Crippen molar-refractivity contribution >= 4 is 27.5 Å². The number of alkyl halides is 2. The number of para-hydroxylation sites is 1. The van der Waals surface area contributed by atoms with Crippen molar-refractivity contribution in [2.75, 3.05) is 0 Å². The van der Waals surface area contributed by atoms with Gasteiger partial charge >= 0.3 is 18.3 Å². The van der Waals surface area contributed by atoms with E-state index in [2.05, 4.69) is 10.2 Å². The number of hydrogen-bond acceptors (Lipinski definition) is 10. The molecule has 5 heterocycles. The molecule has 48 heavy (non-hydrogen) atoms. The zero-order chi connectivity index (χ0) is 34.0. The molecule has 7 rings (SSSR count). The van der Waals surface area contributed by atoms with Crippen molar-refractivity contribution in [3.05, 3.63) is 68.6 Å². The maximum Gasteiger partial charge on any atom is 0.387 e. The second kappa shape index (κ2) is 12.2. The number of aryl methyl sites for hydroxylation is 1. The lowest BCUT2D eigenvalue weighted by Crippen LogP contribution is -2.50. The monoisotopic (exact) mass is 685 g/mol. The molecule has 0 N–H and O–H groups in total. The molecule has 0 spiro atoms. The summed E-state index contributed by atoms with van der Waals surface area (Å²) in [4.78, 5) is 44.3.